The van der Waals surface area contributed by atoms with Gasteiger partial charge in [-0.25, -0.2) is 0 Å². The van der Waals surface area contributed by atoms with Crippen LogP contribution in [0.15, 0.2) is 24.3 Å². The first-order chi connectivity index (χ1) is 5.22. The van der Waals surface area contributed by atoms with E-state index < -0.39 is 0 Å². The molecule has 0 aromatic heterocycles. The largest absolute Gasteiger partial charge is 0.373 e. The summed E-state index contributed by atoms with van der Waals surface area (Å²) in [6, 6.07) is 8.36. The van der Waals surface area contributed by atoms with E-state index in [0.29, 0.717) is 0 Å². The second-order valence-electron chi connectivity index (χ2n) is 2.17. The maximum Gasteiger partial charge on any atom is 0.373 e. The molecule has 0 heterocycles. The van der Waals surface area contributed by atoms with E-state index in [9.17, 15) is 0 Å². The quantitative estimate of drug-likeness (QED) is 0.564. The summed E-state index contributed by atoms with van der Waals surface area (Å²) in [4.78, 5) is 16.2. The Hall–Kier alpha value is -1.40. The molecule has 0 amide bonds. The number of rotatable bonds is 0. The molecular weight excluding hydrogens is 140 g/mol. The molecule has 2 heteroatoms. The first-order valence-corrected chi connectivity index (χ1v) is 3.24. The van der Waals surface area contributed by atoms with Crippen molar-refractivity contribution in [1.29, 1.82) is 0 Å². The predicted molar refractivity (Wildman–Crippen MR) is 40.9 cm³/mol. The summed E-state index contributed by atoms with van der Waals surface area (Å²) in [5, 5.41) is 0. The van der Waals surface area contributed by atoms with Gasteiger partial charge >= 0.3 is 6.15 Å². The molecule has 0 aliphatic rings. The van der Waals surface area contributed by atoms with Crippen LogP contribution in [0.5, 0.6) is 0 Å². The van der Waals surface area contributed by atoms with E-state index in [1.165, 1.54) is 11.1 Å². The Kier molecular flexibility index (Phi) is 4.70. The van der Waals surface area contributed by atoms with Crippen LogP contribution in [0.3, 0.4) is 0 Å². The van der Waals surface area contributed by atoms with Crippen LogP contribution >= 0.6 is 0 Å². The van der Waals surface area contributed by atoms with Gasteiger partial charge in [0.2, 0.25) is 0 Å². The lowest BCUT2D eigenvalue weighted by molar-refractivity contribution is -0.191. The third kappa shape index (κ3) is 4.06. The number of aryl methyl sites for hydroxylation is 2. The van der Waals surface area contributed by atoms with Crippen LogP contribution in [0.1, 0.15) is 11.1 Å². The van der Waals surface area contributed by atoms with E-state index in [1.807, 2.05) is 0 Å². The molecule has 58 valence electrons. The standard InChI is InChI=1S/C8H10.CO2/c1-7-5-3-4-6-8(7)2;2-1-3/h3-6H,1-2H3;. The fourth-order valence-electron chi connectivity index (χ4n) is 0.663. The Balaban J connectivity index is 0.000000292. The molecule has 11 heavy (non-hydrogen) atoms. The van der Waals surface area contributed by atoms with Crippen molar-refractivity contribution in [3.05, 3.63) is 35.4 Å². The summed E-state index contributed by atoms with van der Waals surface area (Å²) in [7, 11) is 0. The van der Waals surface area contributed by atoms with Gasteiger partial charge in [-0.15, -0.1) is 0 Å². The van der Waals surface area contributed by atoms with Gasteiger partial charge in [-0.3, -0.25) is 0 Å². The first kappa shape index (κ1) is 9.60. The van der Waals surface area contributed by atoms with Crippen molar-refractivity contribution in [3.8, 4) is 0 Å². The van der Waals surface area contributed by atoms with Crippen LogP contribution < -0.4 is 0 Å². The first-order valence-electron chi connectivity index (χ1n) is 3.24. The molecule has 0 atom stereocenters. The lowest BCUT2D eigenvalue weighted by Gasteiger charge is -1.93. The molecule has 0 aliphatic heterocycles. The van der Waals surface area contributed by atoms with Crippen LogP contribution in [0.25, 0.3) is 0 Å². The summed E-state index contributed by atoms with van der Waals surface area (Å²) >= 11 is 0. The number of benzene rings is 1. The third-order valence-corrected chi connectivity index (χ3v) is 1.43. The third-order valence-electron chi connectivity index (χ3n) is 1.43. The maximum absolute atomic E-state index is 8.12. The number of hydrogen-bond acceptors (Lipinski definition) is 2. The van der Waals surface area contributed by atoms with Crippen molar-refractivity contribution in [2.75, 3.05) is 0 Å². The summed E-state index contributed by atoms with van der Waals surface area (Å²) in [5.74, 6) is 0. The molecule has 0 saturated carbocycles. The average molecular weight is 150 g/mol. The van der Waals surface area contributed by atoms with Crippen molar-refractivity contribution in [2.24, 2.45) is 0 Å². The van der Waals surface area contributed by atoms with Crippen molar-refractivity contribution in [1.82, 2.24) is 0 Å². The highest BCUT2D eigenvalue weighted by atomic mass is 16.2. The van der Waals surface area contributed by atoms with E-state index in [0.717, 1.165) is 0 Å². The summed E-state index contributed by atoms with van der Waals surface area (Å²) in [5.41, 5.74) is 2.74. The zero-order chi connectivity index (χ0) is 8.69. The maximum atomic E-state index is 8.12. The molecule has 0 radical (unpaired) electrons. The van der Waals surface area contributed by atoms with E-state index in [4.69, 9.17) is 9.59 Å². The molecule has 0 aliphatic carbocycles. The average Bonchev–Trinajstić information content (AvgIpc) is 1.97. The Morgan fingerprint density at radius 1 is 1.00 bits per heavy atom. The Morgan fingerprint density at radius 3 is 1.45 bits per heavy atom. The van der Waals surface area contributed by atoms with Crippen LogP contribution in [0.2, 0.25) is 0 Å². The fourth-order valence-corrected chi connectivity index (χ4v) is 0.663. The van der Waals surface area contributed by atoms with Gasteiger partial charge < -0.3 is 0 Å². The highest BCUT2D eigenvalue weighted by Crippen LogP contribution is 2.02. The van der Waals surface area contributed by atoms with Gasteiger partial charge in [0.05, 0.1) is 0 Å². The van der Waals surface area contributed by atoms with Gasteiger partial charge in [-0.1, -0.05) is 24.3 Å². The van der Waals surface area contributed by atoms with Crippen LogP contribution in [0, 0.1) is 13.8 Å². The Labute approximate surface area is 65.9 Å². The van der Waals surface area contributed by atoms with Gasteiger partial charge in [0.15, 0.2) is 0 Å². The molecule has 1 aromatic carbocycles. The van der Waals surface area contributed by atoms with Crippen molar-refractivity contribution in [2.45, 2.75) is 13.8 Å². The number of hydrogen-bond donors (Lipinski definition) is 0. The van der Waals surface area contributed by atoms with Gasteiger partial charge in [0, 0.05) is 0 Å². The zero-order valence-electron chi connectivity index (χ0n) is 6.63. The minimum Gasteiger partial charge on any atom is -0.186 e. The van der Waals surface area contributed by atoms with Crippen LogP contribution in [-0.2, 0) is 9.59 Å². The Morgan fingerprint density at radius 2 is 1.27 bits per heavy atom. The summed E-state index contributed by atoms with van der Waals surface area (Å²) < 4.78 is 0. The monoisotopic (exact) mass is 150 g/mol. The van der Waals surface area contributed by atoms with Crippen molar-refractivity contribution in [3.63, 3.8) is 0 Å². The molecule has 0 bridgehead atoms. The van der Waals surface area contributed by atoms with Crippen LogP contribution in [-0.4, -0.2) is 6.15 Å². The highest BCUT2D eigenvalue weighted by Gasteiger charge is 1.83. The van der Waals surface area contributed by atoms with Gasteiger partial charge in [0.25, 0.3) is 0 Å². The summed E-state index contributed by atoms with van der Waals surface area (Å²) in [6.07, 6.45) is 0.250. The van der Waals surface area contributed by atoms with Gasteiger partial charge in [0.1, 0.15) is 0 Å². The summed E-state index contributed by atoms with van der Waals surface area (Å²) in [6.45, 7) is 4.24. The molecule has 0 N–H and O–H groups in total. The Bertz CT molecular complexity index is 226. The lowest BCUT2D eigenvalue weighted by Crippen LogP contribution is -1.74. The minimum absolute atomic E-state index is 0.250. The topological polar surface area (TPSA) is 34.1 Å². The lowest BCUT2D eigenvalue weighted by atomic mass is 10.1. The molecule has 1 rings (SSSR count). The van der Waals surface area contributed by atoms with Gasteiger partial charge in [-0.05, 0) is 25.0 Å². The molecule has 0 unspecified atom stereocenters. The molecule has 0 saturated heterocycles. The van der Waals surface area contributed by atoms with Crippen molar-refractivity contribution >= 4 is 6.15 Å². The number of carbonyl (C=O) groups excluding carboxylic acids is 2. The zero-order valence-corrected chi connectivity index (χ0v) is 6.63. The molecular formula is C9H10O2. The van der Waals surface area contributed by atoms with Crippen molar-refractivity contribution < 1.29 is 9.59 Å². The van der Waals surface area contributed by atoms with E-state index in [2.05, 4.69) is 38.1 Å². The van der Waals surface area contributed by atoms with Gasteiger partial charge in [-0.2, -0.15) is 9.59 Å². The minimum atomic E-state index is 0.250. The molecule has 0 fully saturated rings. The highest BCUT2D eigenvalue weighted by molar-refractivity contribution is 5.23. The van der Waals surface area contributed by atoms with Crippen LogP contribution in [0.4, 0.5) is 0 Å². The van der Waals surface area contributed by atoms with E-state index in [1.54, 1.807) is 0 Å². The second kappa shape index (κ2) is 5.39. The molecule has 0 spiro atoms. The normalized spacial score (nSPS) is 7.45. The smallest absolute Gasteiger partial charge is 0.186 e. The van der Waals surface area contributed by atoms with E-state index >= 15 is 0 Å². The SMILES string of the molecule is Cc1ccccc1C.O=C=O. The molecule has 1 aromatic rings. The van der Waals surface area contributed by atoms with E-state index in [-0.39, 0.29) is 6.15 Å². The molecule has 2 nitrogen and oxygen atoms in total. The fraction of sp³-hybridized carbons (Fsp3) is 0.222. The second-order valence-corrected chi connectivity index (χ2v) is 2.17. The predicted octanol–water partition coefficient (Wildman–Crippen LogP) is 1.72.